The van der Waals surface area contributed by atoms with Gasteiger partial charge in [0, 0.05) is 43.9 Å². The molecule has 0 amide bonds. The Labute approximate surface area is 231 Å². The Hall–Kier alpha value is -2.68. The van der Waals surface area contributed by atoms with Crippen LogP contribution in [0.15, 0.2) is 18.5 Å². The number of ether oxygens (including phenoxy) is 2. The second-order valence-corrected chi connectivity index (χ2v) is 12.0. The summed E-state index contributed by atoms with van der Waals surface area (Å²) in [6.45, 7) is 11.3. The Morgan fingerprint density at radius 2 is 2.00 bits per heavy atom. The maximum Gasteiger partial charge on any atom is 0.146 e. The van der Waals surface area contributed by atoms with E-state index in [1.807, 2.05) is 40.0 Å². The molecular weight excluding hydrogens is 494 g/mol. The van der Waals surface area contributed by atoms with Crippen LogP contribution in [0.4, 0.5) is 5.82 Å². The van der Waals surface area contributed by atoms with E-state index in [-0.39, 0.29) is 42.2 Å². The molecule has 0 radical (unpaired) electrons. The first kappa shape index (κ1) is 27.9. The lowest BCUT2D eigenvalue weighted by atomic mass is 9.77. The minimum atomic E-state index is -0.752. The van der Waals surface area contributed by atoms with Gasteiger partial charge in [-0.05, 0) is 77.0 Å². The zero-order valence-electron chi connectivity index (χ0n) is 23.8. The normalized spacial score (nSPS) is 29.7. The number of pyridine rings is 1. The van der Waals surface area contributed by atoms with Crippen LogP contribution in [0.5, 0.6) is 0 Å². The average Bonchev–Trinajstić information content (AvgIpc) is 3.55. The van der Waals surface area contributed by atoms with Crippen molar-refractivity contribution in [1.82, 2.24) is 26.0 Å². The second-order valence-electron chi connectivity index (χ2n) is 12.0. The Morgan fingerprint density at radius 1 is 1.21 bits per heavy atom. The van der Waals surface area contributed by atoms with Crippen LogP contribution in [0.1, 0.15) is 80.1 Å². The minimum absolute atomic E-state index is 0.00312. The van der Waals surface area contributed by atoms with Crippen molar-refractivity contribution in [3.05, 3.63) is 46.4 Å². The van der Waals surface area contributed by atoms with Gasteiger partial charge >= 0.3 is 0 Å². The maximum atomic E-state index is 10.5. The lowest BCUT2D eigenvalue weighted by molar-refractivity contribution is -0.117. The highest BCUT2D eigenvalue weighted by atomic mass is 16.5. The van der Waals surface area contributed by atoms with Crippen LogP contribution in [0.2, 0.25) is 0 Å². The first-order valence-electron chi connectivity index (χ1n) is 14.0. The van der Waals surface area contributed by atoms with E-state index in [0.717, 1.165) is 48.2 Å². The van der Waals surface area contributed by atoms with E-state index in [1.54, 1.807) is 13.3 Å². The number of hydrazine groups is 1. The summed E-state index contributed by atoms with van der Waals surface area (Å²) in [5.41, 5.74) is 10.8. The first-order chi connectivity index (χ1) is 18.6. The number of aliphatic hydroxyl groups is 1. The van der Waals surface area contributed by atoms with Crippen LogP contribution in [0, 0.1) is 37.0 Å². The van der Waals surface area contributed by atoms with E-state index in [4.69, 9.17) is 14.5 Å². The van der Waals surface area contributed by atoms with Gasteiger partial charge in [0.15, 0.2) is 0 Å². The molecule has 1 aliphatic carbocycles. The van der Waals surface area contributed by atoms with Crippen molar-refractivity contribution in [2.45, 2.75) is 89.9 Å². The molecule has 5 rings (SSSR count). The van der Waals surface area contributed by atoms with Crippen molar-refractivity contribution in [1.29, 1.82) is 5.26 Å². The molecule has 39 heavy (non-hydrogen) atoms. The van der Waals surface area contributed by atoms with Gasteiger partial charge in [0.05, 0.1) is 47.4 Å². The molecule has 10 heteroatoms. The molecule has 2 saturated heterocycles. The monoisotopic (exact) mass is 535 g/mol. The highest BCUT2D eigenvalue weighted by molar-refractivity contribution is 5.56. The molecule has 0 bridgehead atoms. The van der Waals surface area contributed by atoms with Crippen LogP contribution < -0.4 is 15.8 Å². The summed E-state index contributed by atoms with van der Waals surface area (Å²) < 4.78 is 12.6. The van der Waals surface area contributed by atoms with Crippen molar-refractivity contribution in [2.75, 3.05) is 25.1 Å². The van der Waals surface area contributed by atoms with Gasteiger partial charge in [-0.3, -0.25) is 5.43 Å². The van der Waals surface area contributed by atoms with Crippen LogP contribution in [-0.2, 0) is 9.47 Å². The molecule has 5 unspecified atom stereocenters. The minimum Gasteiger partial charge on any atom is -0.390 e. The zero-order chi connectivity index (χ0) is 27.9. The molecule has 0 aromatic carbocycles. The Kier molecular flexibility index (Phi) is 7.91. The SMILES string of the molecule is COC1CC2NNC(c3cnc(N4CC[C@H](C(C)(C)O)C4)c(C#N)c3)C2CC1O[C@H](C)c1c(C)cnnc1C. The summed E-state index contributed by atoms with van der Waals surface area (Å²) in [5.74, 6) is 1.10. The third kappa shape index (κ3) is 5.52. The lowest BCUT2D eigenvalue weighted by Gasteiger charge is -2.39. The van der Waals surface area contributed by atoms with E-state index >= 15 is 0 Å². The molecule has 2 aliphatic heterocycles. The van der Waals surface area contributed by atoms with Gasteiger partial charge in [-0.2, -0.15) is 15.5 Å². The molecule has 1 saturated carbocycles. The van der Waals surface area contributed by atoms with Gasteiger partial charge in [0.25, 0.3) is 0 Å². The topological polar surface area (TPSA) is 128 Å². The van der Waals surface area contributed by atoms with Crippen LogP contribution in [-0.4, -0.2) is 64.3 Å². The summed E-state index contributed by atoms with van der Waals surface area (Å²) in [6.07, 6.45) is 5.91. The van der Waals surface area contributed by atoms with E-state index in [2.05, 4.69) is 38.9 Å². The number of nitrogens with one attached hydrogen (secondary N) is 2. The Bertz CT molecular complexity index is 1210. The number of methoxy groups -OCH3 is 1. The Morgan fingerprint density at radius 3 is 2.67 bits per heavy atom. The largest absolute Gasteiger partial charge is 0.390 e. The predicted octanol–water partition coefficient (Wildman–Crippen LogP) is 3.05. The zero-order valence-corrected chi connectivity index (χ0v) is 23.8. The van der Waals surface area contributed by atoms with Crippen molar-refractivity contribution in [2.24, 2.45) is 11.8 Å². The highest BCUT2D eigenvalue weighted by Crippen LogP contribution is 2.42. The number of aromatic nitrogens is 3. The Balaban J connectivity index is 1.34. The third-order valence-corrected chi connectivity index (χ3v) is 8.99. The van der Waals surface area contributed by atoms with Gasteiger partial charge in [-0.15, -0.1) is 0 Å². The fourth-order valence-electron chi connectivity index (χ4n) is 6.78. The van der Waals surface area contributed by atoms with Gasteiger partial charge in [-0.1, -0.05) is 0 Å². The fraction of sp³-hybridized carbons (Fsp3) is 0.655. The molecule has 3 N–H and O–H groups in total. The summed E-state index contributed by atoms with van der Waals surface area (Å²) in [4.78, 5) is 6.90. The van der Waals surface area contributed by atoms with Gasteiger partial charge in [0.1, 0.15) is 11.9 Å². The van der Waals surface area contributed by atoms with Gasteiger partial charge in [0.2, 0.25) is 0 Å². The first-order valence-corrected chi connectivity index (χ1v) is 14.0. The van der Waals surface area contributed by atoms with Gasteiger partial charge in [-0.25, -0.2) is 10.4 Å². The van der Waals surface area contributed by atoms with Crippen molar-refractivity contribution in [3.63, 3.8) is 0 Å². The van der Waals surface area contributed by atoms with E-state index in [9.17, 15) is 10.4 Å². The number of rotatable bonds is 7. The molecule has 3 fully saturated rings. The smallest absolute Gasteiger partial charge is 0.146 e. The highest BCUT2D eigenvalue weighted by Gasteiger charge is 2.46. The maximum absolute atomic E-state index is 10.5. The molecule has 2 aromatic heterocycles. The van der Waals surface area contributed by atoms with E-state index in [1.165, 1.54) is 0 Å². The quantitative estimate of drug-likeness (QED) is 0.487. The number of hydrogen-bond acceptors (Lipinski definition) is 10. The number of fused-ring (bicyclic) bond motifs is 1. The second kappa shape index (κ2) is 11.1. The fourth-order valence-corrected chi connectivity index (χ4v) is 6.78. The molecule has 0 spiro atoms. The predicted molar refractivity (Wildman–Crippen MR) is 147 cm³/mol. The van der Waals surface area contributed by atoms with Crippen molar-refractivity contribution < 1.29 is 14.6 Å². The summed E-state index contributed by atoms with van der Waals surface area (Å²) in [5, 5.41) is 28.8. The van der Waals surface area contributed by atoms with E-state index < -0.39 is 5.60 Å². The van der Waals surface area contributed by atoms with Crippen LogP contribution >= 0.6 is 0 Å². The van der Waals surface area contributed by atoms with Crippen LogP contribution in [0.25, 0.3) is 0 Å². The molecule has 7 atom stereocenters. The van der Waals surface area contributed by atoms with Crippen LogP contribution in [0.3, 0.4) is 0 Å². The average molecular weight is 536 g/mol. The van der Waals surface area contributed by atoms with Crippen molar-refractivity contribution in [3.8, 4) is 6.07 Å². The number of nitriles is 1. The summed E-state index contributed by atoms with van der Waals surface area (Å²) in [6, 6.07) is 4.56. The standard InChI is InChI=1S/C29H41N7O3/c1-16-13-32-33-17(2)26(16)18(3)39-25-10-22-23(11-24(25)38-6)34-35-27(22)20-9-19(12-30)28(31-14-20)36-8-7-21(15-36)29(4,5)37/h9,13-14,18,21-25,27,34-35,37H,7-8,10-11,15H2,1-6H3/t18-,21+,22?,23?,24?,25?,27?/m1/s1. The molecule has 10 nitrogen and oxygen atoms in total. The molecule has 4 heterocycles. The third-order valence-electron chi connectivity index (χ3n) is 8.99. The number of anilines is 1. The van der Waals surface area contributed by atoms with Gasteiger partial charge < -0.3 is 19.5 Å². The number of aryl methyl sites for hydroxylation is 2. The van der Waals surface area contributed by atoms with Crippen molar-refractivity contribution >= 4 is 5.82 Å². The molecule has 2 aromatic rings. The lowest BCUT2D eigenvalue weighted by Crippen LogP contribution is -2.47. The molecular formula is C29H41N7O3. The number of nitrogens with zero attached hydrogens (tertiary/aromatic N) is 5. The molecule has 3 aliphatic rings. The summed E-state index contributed by atoms with van der Waals surface area (Å²) in [7, 11) is 1.75. The van der Waals surface area contributed by atoms with E-state index in [0.29, 0.717) is 17.9 Å². The molecule has 210 valence electrons. The number of hydrogen-bond donors (Lipinski definition) is 3. The summed E-state index contributed by atoms with van der Waals surface area (Å²) >= 11 is 0.